The Kier molecular flexibility index (Phi) is 15.2. The minimum absolute atomic E-state index is 1.11. The van der Waals surface area contributed by atoms with Crippen molar-refractivity contribution >= 4 is 110 Å². The van der Waals surface area contributed by atoms with Crippen LogP contribution in [0.5, 0.6) is 0 Å². The van der Waals surface area contributed by atoms with E-state index in [4.69, 9.17) is 0 Å². The van der Waals surface area contributed by atoms with Crippen LogP contribution in [0.1, 0.15) is 0 Å². The topological polar surface area (TPSA) is 16.3 Å². The van der Waals surface area contributed by atoms with Gasteiger partial charge in [-0.05, 0) is 182 Å². The highest BCUT2D eigenvalue weighted by molar-refractivity contribution is 6.13. The average Bonchev–Trinajstić information content (AvgIpc) is 1.56. The maximum absolute atomic E-state index is 2.42. The van der Waals surface area contributed by atoms with Crippen molar-refractivity contribution in [3.63, 3.8) is 0 Å². The predicted molar refractivity (Wildman–Crippen MR) is 425 cm³/mol. The van der Waals surface area contributed by atoms with Crippen molar-refractivity contribution in [2.75, 3.05) is 9.80 Å². The monoisotopic (exact) mass is 1270 g/mol. The Hall–Kier alpha value is -13.3. The van der Waals surface area contributed by atoms with Gasteiger partial charge in [0.2, 0.25) is 0 Å². The molecule has 17 aromatic carbocycles. The van der Waals surface area contributed by atoms with E-state index < -0.39 is 0 Å². The lowest BCUT2D eigenvalue weighted by Crippen LogP contribution is -2.11. The van der Waals surface area contributed by atoms with Gasteiger partial charge in [-0.15, -0.1) is 0 Å². The van der Waals surface area contributed by atoms with Crippen LogP contribution in [0.15, 0.2) is 400 Å². The molecule has 0 saturated carbocycles. The molecule has 4 nitrogen and oxygen atoms in total. The van der Waals surface area contributed by atoms with Gasteiger partial charge in [0.1, 0.15) is 0 Å². The molecule has 0 fully saturated rings. The molecule has 0 bridgehead atoms. The van der Waals surface area contributed by atoms with Crippen molar-refractivity contribution in [2.24, 2.45) is 0 Å². The van der Waals surface area contributed by atoms with Crippen LogP contribution in [0, 0.1) is 0 Å². The molecule has 4 heteroatoms. The minimum atomic E-state index is 1.11. The van der Waals surface area contributed by atoms with E-state index >= 15 is 0 Å². The van der Waals surface area contributed by atoms with E-state index in [1.165, 1.54) is 126 Å². The third kappa shape index (κ3) is 10.9. The summed E-state index contributed by atoms with van der Waals surface area (Å²) in [7, 11) is 0. The van der Waals surface area contributed by atoms with Gasteiger partial charge in [-0.2, -0.15) is 0 Å². The summed E-state index contributed by atoms with van der Waals surface area (Å²) in [6, 6.07) is 145. The zero-order valence-electron chi connectivity index (χ0n) is 54.9. The molecular weight excluding hydrogens is 1210 g/mol. The van der Waals surface area contributed by atoms with Gasteiger partial charge in [-0.1, -0.05) is 279 Å². The van der Waals surface area contributed by atoms with Gasteiger partial charge in [0.15, 0.2) is 0 Å². The van der Waals surface area contributed by atoms with Gasteiger partial charge in [0.25, 0.3) is 0 Å². The normalized spacial score (nSPS) is 11.4. The Bertz CT molecular complexity index is 6190. The number of rotatable bonds is 12. The Balaban J connectivity index is 0.000000145. The molecule has 19 aromatic rings. The van der Waals surface area contributed by atoms with Crippen molar-refractivity contribution in [3.05, 3.63) is 400 Å². The van der Waals surface area contributed by atoms with Crippen LogP contribution in [-0.2, 0) is 0 Å². The number of hydrogen-bond donors (Lipinski definition) is 0. The molecule has 2 aromatic heterocycles. The maximum Gasteiger partial charge on any atom is 0.0541 e. The Morgan fingerprint density at radius 3 is 1.08 bits per heavy atom. The molecule has 0 saturated heterocycles. The summed E-state index contributed by atoms with van der Waals surface area (Å²) in [6.07, 6.45) is 0. The van der Waals surface area contributed by atoms with Crippen molar-refractivity contribution in [3.8, 4) is 55.9 Å². The number of hydrogen-bond acceptors (Lipinski definition) is 2. The predicted octanol–water partition coefficient (Wildman–Crippen LogP) is 26.6. The van der Waals surface area contributed by atoms with E-state index in [1.807, 2.05) is 0 Å². The van der Waals surface area contributed by atoms with E-state index in [9.17, 15) is 0 Å². The molecule has 470 valence electrons. The highest BCUT2D eigenvalue weighted by atomic mass is 15.2. The fourth-order valence-electron chi connectivity index (χ4n) is 15.0. The van der Waals surface area contributed by atoms with E-state index in [0.29, 0.717) is 0 Å². The number of anilines is 6. The molecule has 0 unspecified atom stereocenters. The van der Waals surface area contributed by atoms with E-state index in [-0.39, 0.29) is 0 Å². The Morgan fingerprint density at radius 1 is 0.170 bits per heavy atom. The van der Waals surface area contributed by atoms with Crippen LogP contribution in [-0.4, -0.2) is 9.13 Å². The summed E-state index contributed by atoms with van der Waals surface area (Å²) in [5.74, 6) is 0. The van der Waals surface area contributed by atoms with E-state index in [0.717, 1.165) is 39.8 Å². The second-order valence-electron chi connectivity index (χ2n) is 25.6. The van der Waals surface area contributed by atoms with Crippen molar-refractivity contribution < 1.29 is 0 Å². The van der Waals surface area contributed by atoms with Crippen LogP contribution in [0.3, 0.4) is 0 Å². The standard InChI is InChI=1S/C50H34N2.C46H32N2/c1-3-12-35(13-4-1)36-24-28-43(29-25-36)51(48-21-11-15-37-14-7-8-18-45(37)48)44-30-26-39-32-38(22-23-40(39)33-44)41-27-31-50-47(34-41)46-19-9-10-20-49(46)52(50)42-16-5-2-6-17-42;1-3-14-33(15-4-1)34-26-29-38(30-27-34)48(44-25-13-17-35-16-7-8-20-39(35)44)43-23-11-9-21-40(43)36-28-31-46-42(32-36)41-22-10-12-24-45(41)47(46)37-18-5-2-6-19-37/h1-34H;1-32H. The third-order valence-corrected chi connectivity index (χ3v) is 19.7. The van der Waals surface area contributed by atoms with Crippen LogP contribution < -0.4 is 9.80 Å². The van der Waals surface area contributed by atoms with Gasteiger partial charge in [-0.3, -0.25) is 0 Å². The number of benzene rings is 17. The molecule has 0 spiro atoms. The highest BCUT2D eigenvalue weighted by Gasteiger charge is 2.23. The maximum atomic E-state index is 2.42. The molecule has 0 aliphatic rings. The first kappa shape index (κ1) is 59.2. The average molecular weight is 1280 g/mol. The smallest absolute Gasteiger partial charge is 0.0541 e. The lowest BCUT2D eigenvalue weighted by molar-refractivity contribution is 1.18. The molecule has 2 heterocycles. The van der Waals surface area contributed by atoms with Crippen LogP contribution >= 0.6 is 0 Å². The Labute approximate surface area is 581 Å². The zero-order chi connectivity index (χ0) is 66.3. The fourth-order valence-corrected chi connectivity index (χ4v) is 15.0. The molecule has 0 radical (unpaired) electrons. The first-order chi connectivity index (χ1) is 49.6. The first-order valence-corrected chi connectivity index (χ1v) is 34.3. The van der Waals surface area contributed by atoms with Crippen LogP contribution in [0.4, 0.5) is 34.1 Å². The zero-order valence-corrected chi connectivity index (χ0v) is 54.9. The second kappa shape index (κ2) is 25.7. The summed E-state index contributed by atoms with van der Waals surface area (Å²) < 4.78 is 4.74. The van der Waals surface area contributed by atoms with E-state index in [2.05, 4.69) is 419 Å². The summed E-state index contributed by atoms with van der Waals surface area (Å²) >= 11 is 0. The van der Waals surface area contributed by atoms with Crippen LogP contribution in [0.2, 0.25) is 0 Å². The second-order valence-corrected chi connectivity index (χ2v) is 25.6. The van der Waals surface area contributed by atoms with Gasteiger partial charge in [0, 0.05) is 66.3 Å². The van der Waals surface area contributed by atoms with Crippen molar-refractivity contribution in [1.82, 2.24) is 9.13 Å². The molecule has 0 N–H and O–H groups in total. The van der Waals surface area contributed by atoms with Gasteiger partial charge in [-0.25, -0.2) is 0 Å². The lowest BCUT2D eigenvalue weighted by atomic mass is 9.98. The Morgan fingerprint density at radius 2 is 0.520 bits per heavy atom. The van der Waals surface area contributed by atoms with Gasteiger partial charge in [0.05, 0.1) is 39.1 Å². The largest absolute Gasteiger partial charge is 0.310 e. The highest BCUT2D eigenvalue weighted by Crippen LogP contribution is 2.47. The van der Waals surface area contributed by atoms with Gasteiger partial charge >= 0.3 is 0 Å². The SMILES string of the molecule is c1ccc(-c2ccc(N(c3ccc4cc(-c5ccc6c(c5)c5ccccc5n6-c5ccccc5)ccc4c3)c3cccc4ccccc34)cc2)cc1.c1ccc(-c2ccc(N(c3ccccc3-c3ccc4c(c3)c3ccccc3n4-c3ccccc3)c3cccc4ccccc34)cc2)cc1. The fraction of sp³-hybridized carbons (Fsp3) is 0. The summed E-state index contributed by atoms with van der Waals surface area (Å²) in [4.78, 5) is 4.81. The molecule has 0 aliphatic carbocycles. The van der Waals surface area contributed by atoms with E-state index in [1.54, 1.807) is 0 Å². The summed E-state index contributed by atoms with van der Waals surface area (Å²) in [5.41, 5.74) is 23.6. The van der Waals surface area contributed by atoms with Crippen LogP contribution in [0.25, 0.3) is 132 Å². The summed E-state index contributed by atoms with van der Waals surface area (Å²) in [5, 5.41) is 12.3. The molecule has 0 amide bonds. The number of nitrogens with zero attached hydrogens (tertiary/aromatic N) is 4. The molecular formula is C96H66N4. The van der Waals surface area contributed by atoms with Crippen molar-refractivity contribution in [1.29, 1.82) is 0 Å². The lowest BCUT2D eigenvalue weighted by Gasteiger charge is -2.29. The minimum Gasteiger partial charge on any atom is -0.310 e. The molecule has 100 heavy (non-hydrogen) atoms. The first-order valence-electron chi connectivity index (χ1n) is 34.3. The number of aromatic nitrogens is 2. The van der Waals surface area contributed by atoms with Gasteiger partial charge < -0.3 is 18.9 Å². The quantitative estimate of drug-likeness (QED) is 0.121. The summed E-state index contributed by atoms with van der Waals surface area (Å²) in [6.45, 7) is 0. The number of para-hydroxylation sites is 5. The third-order valence-electron chi connectivity index (χ3n) is 19.7. The molecule has 19 rings (SSSR count). The number of fused-ring (bicyclic) bond motifs is 9. The molecule has 0 aliphatic heterocycles. The molecule has 0 atom stereocenters. The van der Waals surface area contributed by atoms with Crippen molar-refractivity contribution in [2.45, 2.75) is 0 Å².